The summed E-state index contributed by atoms with van der Waals surface area (Å²) in [7, 11) is 0. The lowest BCUT2D eigenvalue weighted by Crippen LogP contribution is -1.91. The number of nitrogens with zero attached hydrogens (tertiary/aromatic N) is 1. The lowest BCUT2D eigenvalue weighted by atomic mass is 10.1. The Morgan fingerprint density at radius 1 is 1.29 bits per heavy atom. The molecule has 0 saturated heterocycles. The third kappa shape index (κ3) is 2.59. The second kappa shape index (κ2) is 5.38. The van der Waals surface area contributed by atoms with E-state index < -0.39 is 5.97 Å². The van der Waals surface area contributed by atoms with Crippen LogP contribution >= 0.6 is 22.7 Å². The summed E-state index contributed by atoms with van der Waals surface area (Å²) in [6, 6.07) is 6.79. The molecule has 0 unspecified atom stereocenters. The van der Waals surface area contributed by atoms with Gasteiger partial charge in [-0.2, -0.15) is 0 Å². The van der Waals surface area contributed by atoms with Crippen molar-refractivity contribution >= 4 is 28.6 Å². The second-order valence-corrected chi connectivity index (χ2v) is 6.25. The fraction of sp³-hybridized carbons (Fsp3) is 0.0667. The monoisotopic (exact) mass is 319 g/mol. The molecule has 2 aromatic heterocycles. The van der Waals surface area contributed by atoms with Crippen LogP contribution < -0.4 is 0 Å². The molecule has 2 heterocycles. The summed E-state index contributed by atoms with van der Waals surface area (Å²) in [6.45, 7) is 1.71. The number of hydrogen-bond acceptors (Lipinski definition) is 4. The average Bonchev–Trinajstić information content (AvgIpc) is 3.09. The van der Waals surface area contributed by atoms with Gasteiger partial charge in [0, 0.05) is 16.3 Å². The predicted octanol–water partition coefficient (Wildman–Crippen LogP) is 4.68. The van der Waals surface area contributed by atoms with Gasteiger partial charge < -0.3 is 5.11 Å². The molecule has 0 saturated carbocycles. The molecule has 106 valence electrons. The normalized spacial score (nSPS) is 10.8. The minimum atomic E-state index is -0.960. The van der Waals surface area contributed by atoms with E-state index in [4.69, 9.17) is 5.11 Å². The van der Waals surface area contributed by atoms with Gasteiger partial charge in [0.2, 0.25) is 0 Å². The molecular weight excluding hydrogens is 309 g/mol. The Morgan fingerprint density at radius 2 is 2.10 bits per heavy atom. The van der Waals surface area contributed by atoms with Gasteiger partial charge in [-0.3, -0.25) is 0 Å². The van der Waals surface area contributed by atoms with Crippen LogP contribution in [-0.2, 0) is 0 Å². The highest BCUT2D eigenvalue weighted by Crippen LogP contribution is 2.33. The van der Waals surface area contributed by atoms with Crippen molar-refractivity contribution in [2.75, 3.05) is 0 Å². The van der Waals surface area contributed by atoms with Gasteiger partial charge >= 0.3 is 5.97 Å². The Balaban J connectivity index is 1.99. The van der Waals surface area contributed by atoms with E-state index in [1.54, 1.807) is 36.6 Å². The molecule has 0 bridgehead atoms. The van der Waals surface area contributed by atoms with Gasteiger partial charge in [-0.1, -0.05) is 12.1 Å². The zero-order valence-corrected chi connectivity index (χ0v) is 12.6. The van der Waals surface area contributed by atoms with Crippen molar-refractivity contribution in [2.45, 2.75) is 6.92 Å². The van der Waals surface area contributed by atoms with E-state index >= 15 is 0 Å². The number of carboxylic acids is 1. The summed E-state index contributed by atoms with van der Waals surface area (Å²) in [6.07, 6.45) is 0. The van der Waals surface area contributed by atoms with E-state index in [0.29, 0.717) is 21.8 Å². The van der Waals surface area contributed by atoms with Crippen molar-refractivity contribution in [2.24, 2.45) is 0 Å². The second-order valence-electron chi connectivity index (χ2n) is 4.48. The molecule has 3 aromatic rings. The van der Waals surface area contributed by atoms with Crippen LogP contribution in [0.1, 0.15) is 15.9 Å². The van der Waals surface area contributed by atoms with Crippen molar-refractivity contribution in [3.05, 3.63) is 52.0 Å². The molecule has 21 heavy (non-hydrogen) atoms. The van der Waals surface area contributed by atoms with Crippen molar-refractivity contribution in [3.8, 4) is 21.1 Å². The minimum Gasteiger partial charge on any atom is -0.478 e. The maximum Gasteiger partial charge on any atom is 0.336 e. The van der Waals surface area contributed by atoms with Gasteiger partial charge in [0.25, 0.3) is 0 Å². The van der Waals surface area contributed by atoms with Crippen molar-refractivity contribution in [3.63, 3.8) is 0 Å². The maximum atomic E-state index is 14.1. The number of halogens is 1. The Morgan fingerprint density at radius 3 is 2.81 bits per heavy atom. The van der Waals surface area contributed by atoms with Crippen LogP contribution in [0.4, 0.5) is 4.39 Å². The molecule has 0 fully saturated rings. The predicted molar refractivity (Wildman–Crippen MR) is 82.5 cm³/mol. The minimum absolute atomic E-state index is 0.242. The van der Waals surface area contributed by atoms with Gasteiger partial charge in [0.1, 0.15) is 10.8 Å². The lowest BCUT2D eigenvalue weighted by Gasteiger charge is -2.01. The number of benzene rings is 1. The summed E-state index contributed by atoms with van der Waals surface area (Å²) in [5.74, 6) is -1.23. The SMILES string of the molecule is Cc1cccc(-c2nc(-c3cc(C(=O)O)cs3)cs2)c1F. The first-order chi connectivity index (χ1) is 10.1. The molecule has 0 aliphatic carbocycles. The molecule has 0 radical (unpaired) electrons. The van der Waals surface area contributed by atoms with Crippen LogP contribution in [0.15, 0.2) is 35.0 Å². The summed E-state index contributed by atoms with van der Waals surface area (Å²) in [5.41, 5.74) is 1.97. The van der Waals surface area contributed by atoms with Crippen LogP contribution in [-0.4, -0.2) is 16.1 Å². The molecule has 6 heteroatoms. The van der Waals surface area contributed by atoms with Crippen LogP contribution in [0.2, 0.25) is 0 Å². The number of aromatic nitrogens is 1. The molecule has 0 aliphatic heterocycles. The molecule has 1 N–H and O–H groups in total. The highest BCUT2D eigenvalue weighted by atomic mass is 32.1. The molecule has 0 atom stereocenters. The smallest absolute Gasteiger partial charge is 0.336 e. The summed E-state index contributed by atoms with van der Waals surface area (Å²) in [4.78, 5) is 16.1. The average molecular weight is 319 g/mol. The molecule has 0 spiro atoms. The standard InChI is InChI=1S/C15H10FNO2S2/c1-8-3-2-4-10(13(8)16)14-17-11(7-21-14)12-5-9(6-20-12)15(18)19/h2-7H,1H3,(H,18,19). The number of rotatable bonds is 3. The Hall–Kier alpha value is -2.05. The van der Waals surface area contributed by atoms with Crippen molar-refractivity contribution < 1.29 is 14.3 Å². The van der Waals surface area contributed by atoms with E-state index in [1.165, 1.54) is 22.7 Å². The fourth-order valence-electron chi connectivity index (χ4n) is 1.91. The molecule has 3 nitrogen and oxygen atoms in total. The first kappa shape index (κ1) is 13.9. The van der Waals surface area contributed by atoms with Gasteiger partial charge in [-0.05, 0) is 24.6 Å². The Labute approximate surface area is 128 Å². The Bertz CT molecular complexity index is 823. The van der Waals surface area contributed by atoms with E-state index in [1.807, 2.05) is 5.38 Å². The summed E-state index contributed by atoms with van der Waals surface area (Å²) < 4.78 is 14.1. The largest absolute Gasteiger partial charge is 0.478 e. The maximum absolute atomic E-state index is 14.1. The first-order valence-corrected chi connectivity index (χ1v) is 7.85. The molecular formula is C15H10FNO2S2. The number of thiophene rings is 1. The fourth-order valence-corrected chi connectivity index (χ4v) is 3.66. The van der Waals surface area contributed by atoms with Gasteiger partial charge in [-0.15, -0.1) is 22.7 Å². The van der Waals surface area contributed by atoms with Crippen LogP contribution in [0.3, 0.4) is 0 Å². The topological polar surface area (TPSA) is 50.2 Å². The number of aromatic carboxylic acids is 1. The zero-order valence-electron chi connectivity index (χ0n) is 11.0. The Kier molecular flexibility index (Phi) is 3.57. The molecule has 3 rings (SSSR count). The molecule has 1 aromatic carbocycles. The zero-order chi connectivity index (χ0) is 15.0. The van der Waals surface area contributed by atoms with E-state index in [9.17, 15) is 9.18 Å². The number of carbonyl (C=O) groups is 1. The van der Waals surface area contributed by atoms with Crippen LogP contribution in [0.5, 0.6) is 0 Å². The van der Waals surface area contributed by atoms with E-state index in [2.05, 4.69) is 4.98 Å². The van der Waals surface area contributed by atoms with E-state index in [0.717, 1.165) is 4.88 Å². The summed E-state index contributed by atoms with van der Waals surface area (Å²) in [5, 5.41) is 12.9. The van der Waals surface area contributed by atoms with Gasteiger partial charge in [0.15, 0.2) is 0 Å². The van der Waals surface area contributed by atoms with E-state index in [-0.39, 0.29) is 11.4 Å². The molecule has 0 aliphatic rings. The van der Waals surface area contributed by atoms with Gasteiger partial charge in [0.05, 0.1) is 16.1 Å². The first-order valence-electron chi connectivity index (χ1n) is 6.09. The van der Waals surface area contributed by atoms with Crippen molar-refractivity contribution in [1.29, 1.82) is 0 Å². The number of carboxylic acid groups (broad SMARTS) is 1. The lowest BCUT2D eigenvalue weighted by molar-refractivity contribution is 0.0697. The number of hydrogen-bond donors (Lipinski definition) is 1. The summed E-state index contributed by atoms with van der Waals surface area (Å²) >= 11 is 2.66. The number of aryl methyl sites for hydroxylation is 1. The number of thiazole rings is 1. The quantitative estimate of drug-likeness (QED) is 0.762. The third-order valence-electron chi connectivity index (χ3n) is 3.03. The van der Waals surface area contributed by atoms with Crippen LogP contribution in [0, 0.1) is 12.7 Å². The highest BCUT2D eigenvalue weighted by molar-refractivity contribution is 7.15. The highest BCUT2D eigenvalue weighted by Gasteiger charge is 2.14. The molecule has 0 amide bonds. The van der Waals surface area contributed by atoms with Crippen molar-refractivity contribution in [1.82, 2.24) is 4.98 Å². The van der Waals surface area contributed by atoms with Crippen LogP contribution in [0.25, 0.3) is 21.1 Å². The third-order valence-corrected chi connectivity index (χ3v) is 4.85. The van der Waals surface area contributed by atoms with Gasteiger partial charge in [-0.25, -0.2) is 14.2 Å².